The van der Waals surface area contributed by atoms with E-state index in [1.807, 2.05) is 65.0 Å². The number of carbonyl (C=O) groups excluding carboxylic acids is 1. The standard InChI is InChI=1S/C31H34O4.C2H6/c1-4-33-23-30(32)31(34-5-2)22-25-15-18-28(19-16-25)35-21-20-24(3)14-17-27-12-9-11-26-10-7-6-8-13-29(26)27;1-2/h6-12,15-16,18-20,31H,4-5,13,21-23H2,1-3H3;1-2H3/b24-20-;. The maximum atomic E-state index is 12.3. The van der Waals surface area contributed by atoms with Gasteiger partial charge in [0.2, 0.25) is 0 Å². The van der Waals surface area contributed by atoms with Crippen LogP contribution in [0.4, 0.5) is 0 Å². The number of benzene rings is 2. The zero-order chi connectivity index (χ0) is 26.9. The van der Waals surface area contributed by atoms with Gasteiger partial charge < -0.3 is 14.2 Å². The first-order chi connectivity index (χ1) is 18.1. The van der Waals surface area contributed by atoms with Crippen molar-refractivity contribution in [2.75, 3.05) is 26.4 Å². The molecule has 2 aromatic carbocycles. The van der Waals surface area contributed by atoms with Crippen molar-refractivity contribution in [3.05, 3.63) is 94.6 Å². The molecule has 1 aliphatic rings. The zero-order valence-electron chi connectivity index (χ0n) is 22.9. The summed E-state index contributed by atoms with van der Waals surface area (Å²) in [6.45, 7) is 11.3. The second-order valence-electron chi connectivity index (χ2n) is 8.21. The van der Waals surface area contributed by atoms with Gasteiger partial charge in [-0.1, -0.05) is 74.3 Å². The molecule has 0 saturated heterocycles. The molecule has 2 aromatic rings. The normalized spacial score (nSPS) is 12.8. The molecule has 0 saturated carbocycles. The first-order valence-electron chi connectivity index (χ1n) is 13.2. The van der Waals surface area contributed by atoms with Crippen molar-refractivity contribution >= 4 is 11.9 Å². The van der Waals surface area contributed by atoms with E-state index in [-0.39, 0.29) is 12.4 Å². The summed E-state index contributed by atoms with van der Waals surface area (Å²) in [5.41, 5.74) is 5.53. The van der Waals surface area contributed by atoms with Crippen LogP contribution in [0.3, 0.4) is 0 Å². The molecule has 0 N–H and O–H groups in total. The van der Waals surface area contributed by atoms with Crippen LogP contribution in [0.25, 0.3) is 6.08 Å². The van der Waals surface area contributed by atoms with E-state index in [2.05, 4.69) is 54.3 Å². The topological polar surface area (TPSA) is 44.8 Å². The third-order valence-electron chi connectivity index (χ3n) is 5.61. The Morgan fingerprint density at radius 2 is 1.84 bits per heavy atom. The van der Waals surface area contributed by atoms with E-state index in [0.717, 1.165) is 28.9 Å². The number of allylic oxidation sites excluding steroid dienone is 4. The Labute approximate surface area is 223 Å². The van der Waals surface area contributed by atoms with Gasteiger partial charge in [-0.2, -0.15) is 0 Å². The fourth-order valence-corrected chi connectivity index (χ4v) is 3.71. The van der Waals surface area contributed by atoms with Crippen molar-refractivity contribution in [1.29, 1.82) is 0 Å². The first kappa shape index (κ1) is 29.8. The molecule has 1 atom stereocenters. The summed E-state index contributed by atoms with van der Waals surface area (Å²) in [4.78, 5) is 12.3. The quantitative estimate of drug-likeness (QED) is 0.320. The van der Waals surface area contributed by atoms with Gasteiger partial charge in [0, 0.05) is 25.2 Å². The Balaban J connectivity index is 0.00000235. The van der Waals surface area contributed by atoms with E-state index in [9.17, 15) is 4.79 Å². The van der Waals surface area contributed by atoms with E-state index in [4.69, 9.17) is 14.2 Å². The van der Waals surface area contributed by atoms with E-state index >= 15 is 0 Å². The van der Waals surface area contributed by atoms with Crippen molar-refractivity contribution in [2.45, 2.75) is 53.6 Å². The molecular weight excluding hydrogens is 460 g/mol. The smallest absolute Gasteiger partial charge is 0.187 e. The van der Waals surface area contributed by atoms with Gasteiger partial charge in [-0.25, -0.2) is 0 Å². The van der Waals surface area contributed by atoms with Crippen molar-refractivity contribution in [3.8, 4) is 17.6 Å². The highest BCUT2D eigenvalue weighted by Crippen LogP contribution is 2.19. The lowest BCUT2D eigenvalue weighted by Gasteiger charge is -2.16. The summed E-state index contributed by atoms with van der Waals surface area (Å²) in [5, 5.41) is 0. The van der Waals surface area contributed by atoms with Gasteiger partial charge in [-0.05, 0) is 73.7 Å². The number of ketones is 1. The number of Topliss-reactive ketones (excluding diaryl/α,β-unsaturated/α-hetero) is 1. The van der Waals surface area contributed by atoms with Gasteiger partial charge in [0.15, 0.2) is 5.78 Å². The van der Waals surface area contributed by atoms with Crippen LogP contribution in [0.2, 0.25) is 0 Å². The van der Waals surface area contributed by atoms with Gasteiger partial charge in [0.05, 0.1) is 0 Å². The molecule has 1 unspecified atom stereocenters. The number of hydrogen-bond acceptors (Lipinski definition) is 4. The Bertz CT molecular complexity index is 1130. The minimum atomic E-state index is -0.492. The number of hydrogen-bond donors (Lipinski definition) is 0. The Kier molecular flexibility index (Phi) is 13.8. The summed E-state index contributed by atoms with van der Waals surface area (Å²) in [7, 11) is 0. The van der Waals surface area contributed by atoms with Gasteiger partial charge in [-0.15, -0.1) is 0 Å². The fraction of sp³-hybridized carbons (Fsp3) is 0.364. The minimum Gasteiger partial charge on any atom is -0.490 e. The molecule has 4 heteroatoms. The van der Waals surface area contributed by atoms with Crippen LogP contribution in [0.5, 0.6) is 5.75 Å². The summed E-state index contributed by atoms with van der Waals surface area (Å²) in [6, 6.07) is 14.0. The van der Waals surface area contributed by atoms with Crippen LogP contribution in [0.1, 0.15) is 56.9 Å². The van der Waals surface area contributed by atoms with Crippen LogP contribution in [0, 0.1) is 11.8 Å². The number of fused-ring (bicyclic) bond motifs is 1. The molecule has 196 valence electrons. The minimum absolute atomic E-state index is 0.0322. The lowest BCUT2D eigenvalue weighted by Crippen LogP contribution is -2.30. The molecule has 0 fully saturated rings. The van der Waals surface area contributed by atoms with Gasteiger partial charge in [-0.3, -0.25) is 4.79 Å². The summed E-state index contributed by atoms with van der Waals surface area (Å²) >= 11 is 0. The van der Waals surface area contributed by atoms with Crippen LogP contribution in [-0.4, -0.2) is 38.3 Å². The molecule has 0 aliphatic heterocycles. The number of rotatable bonds is 11. The average molecular weight is 501 g/mol. The third-order valence-corrected chi connectivity index (χ3v) is 5.61. The van der Waals surface area contributed by atoms with Gasteiger partial charge in [0.25, 0.3) is 0 Å². The van der Waals surface area contributed by atoms with Crippen molar-refractivity contribution < 1.29 is 19.0 Å². The second kappa shape index (κ2) is 17.1. The highest BCUT2D eigenvalue weighted by atomic mass is 16.5. The predicted molar refractivity (Wildman–Crippen MR) is 153 cm³/mol. The van der Waals surface area contributed by atoms with E-state index in [0.29, 0.717) is 26.2 Å². The van der Waals surface area contributed by atoms with E-state index in [1.54, 1.807) is 0 Å². The lowest BCUT2D eigenvalue weighted by molar-refractivity contribution is -0.134. The number of carbonyl (C=O) groups is 1. The molecule has 0 radical (unpaired) electrons. The van der Waals surface area contributed by atoms with Gasteiger partial charge in [0.1, 0.15) is 25.1 Å². The maximum Gasteiger partial charge on any atom is 0.187 e. The summed E-state index contributed by atoms with van der Waals surface area (Å²) in [5.74, 6) is 7.30. The third kappa shape index (κ3) is 10.2. The van der Waals surface area contributed by atoms with Crippen LogP contribution < -0.4 is 4.74 Å². The lowest BCUT2D eigenvalue weighted by atomic mass is 9.99. The molecular formula is C33H40O4. The van der Waals surface area contributed by atoms with Crippen molar-refractivity contribution in [3.63, 3.8) is 0 Å². The SMILES string of the molecule is CC.CCOCC(=O)C(Cc1ccc(OC/C=C(/C)C#Cc2cccc3c2CC=CC=C3)cc1)OCC. The zero-order valence-corrected chi connectivity index (χ0v) is 22.9. The summed E-state index contributed by atoms with van der Waals surface area (Å²) < 4.78 is 16.7. The van der Waals surface area contributed by atoms with Crippen molar-refractivity contribution in [2.24, 2.45) is 0 Å². The largest absolute Gasteiger partial charge is 0.490 e. The number of ether oxygens (including phenoxy) is 3. The van der Waals surface area contributed by atoms with E-state index < -0.39 is 6.10 Å². The molecule has 0 bridgehead atoms. The molecule has 0 aromatic heterocycles. The molecule has 3 rings (SSSR count). The molecule has 0 heterocycles. The highest BCUT2D eigenvalue weighted by Gasteiger charge is 2.19. The molecule has 0 spiro atoms. The second-order valence-corrected chi connectivity index (χ2v) is 8.21. The van der Waals surface area contributed by atoms with Crippen LogP contribution in [0.15, 0.2) is 72.3 Å². The highest BCUT2D eigenvalue weighted by molar-refractivity contribution is 5.84. The molecule has 1 aliphatic carbocycles. The van der Waals surface area contributed by atoms with Crippen molar-refractivity contribution in [1.82, 2.24) is 0 Å². The Hall–Kier alpha value is -3.39. The molecule has 0 amide bonds. The molecule has 37 heavy (non-hydrogen) atoms. The molecule has 4 nitrogen and oxygen atoms in total. The average Bonchev–Trinajstić information content (AvgIpc) is 3.18. The van der Waals surface area contributed by atoms with Gasteiger partial charge >= 0.3 is 0 Å². The van der Waals surface area contributed by atoms with E-state index in [1.165, 1.54) is 11.1 Å². The Morgan fingerprint density at radius 1 is 1.05 bits per heavy atom. The fourth-order valence-electron chi connectivity index (χ4n) is 3.71. The van der Waals surface area contributed by atoms with Crippen LogP contribution >= 0.6 is 0 Å². The summed E-state index contributed by atoms with van der Waals surface area (Å²) in [6.07, 6.45) is 11.3. The predicted octanol–water partition coefficient (Wildman–Crippen LogP) is 6.77. The maximum absolute atomic E-state index is 12.3. The first-order valence-corrected chi connectivity index (χ1v) is 13.2. The Morgan fingerprint density at radius 3 is 2.57 bits per heavy atom. The van der Waals surface area contributed by atoms with Crippen LogP contribution in [-0.2, 0) is 27.1 Å². The monoisotopic (exact) mass is 500 g/mol.